The van der Waals surface area contributed by atoms with Crippen molar-refractivity contribution in [2.24, 2.45) is 5.73 Å². The first-order valence-corrected chi connectivity index (χ1v) is 11.2. The number of sulfonamides is 1. The number of halogens is 1. The molecule has 0 spiro atoms. The predicted molar refractivity (Wildman–Crippen MR) is 116 cm³/mol. The SMILES string of the molecule is CCN(CC)S(=O)(=O)c1ccc(NC(=O)CN(C)C(C(N)=O)c2cccc(F)c2)cc1. The number of primary amides is 1. The van der Waals surface area contributed by atoms with E-state index in [1.54, 1.807) is 19.9 Å². The topological polar surface area (TPSA) is 113 Å². The van der Waals surface area contributed by atoms with Crippen molar-refractivity contribution in [3.8, 4) is 0 Å². The highest BCUT2D eigenvalue weighted by Gasteiger charge is 2.25. The molecule has 2 aromatic rings. The van der Waals surface area contributed by atoms with Crippen LogP contribution in [0.4, 0.5) is 10.1 Å². The summed E-state index contributed by atoms with van der Waals surface area (Å²) in [6, 6.07) is 10.3. The van der Waals surface area contributed by atoms with E-state index in [9.17, 15) is 22.4 Å². The van der Waals surface area contributed by atoms with E-state index in [1.165, 1.54) is 58.7 Å². The Morgan fingerprint density at radius 1 is 1.10 bits per heavy atom. The molecule has 0 aliphatic heterocycles. The lowest BCUT2D eigenvalue weighted by Gasteiger charge is -2.25. The highest BCUT2D eigenvalue weighted by molar-refractivity contribution is 7.89. The van der Waals surface area contributed by atoms with Gasteiger partial charge in [0.15, 0.2) is 0 Å². The largest absolute Gasteiger partial charge is 0.368 e. The summed E-state index contributed by atoms with van der Waals surface area (Å²) in [5.74, 6) is -1.67. The number of hydrogen-bond acceptors (Lipinski definition) is 5. The lowest BCUT2D eigenvalue weighted by Crippen LogP contribution is -2.39. The van der Waals surface area contributed by atoms with Crippen LogP contribution in [0.3, 0.4) is 0 Å². The fourth-order valence-electron chi connectivity index (χ4n) is 3.25. The van der Waals surface area contributed by atoms with Gasteiger partial charge < -0.3 is 11.1 Å². The van der Waals surface area contributed by atoms with Crippen LogP contribution in [0.2, 0.25) is 0 Å². The van der Waals surface area contributed by atoms with Crippen LogP contribution in [-0.4, -0.2) is 56.1 Å². The van der Waals surface area contributed by atoms with Gasteiger partial charge in [-0.05, 0) is 49.0 Å². The van der Waals surface area contributed by atoms with E-state index in [1.807, 2.05) is 0 Å². The number of benzene rings is 2. The Bertz CT molecular complexity index is 1020. The molecule has 3 N–H and O–H groups in total. The molecule has 0 saturated heterocycles. The second-order valence-electron chi connectivity index (χ2n) is 6.94. The van der Waals surface area contributed by atoms with E-state index >= 15 is 0 Å². The van der Waals surface area contributed by atoms with Crippen LogP contribution < -0.4 is 11.1 Å². The third kappa shape index (κ3) is 6.09. The van der Waals surface area contributed by atoms with Crippen LogP contribution in [0.1, 0.15) is 25.5 Å². The monoisotopic (exact) mass is 450 g/mol. The van der Waals surface area contributed by atoms with Crippen molar-refractivity contribution in [1.29, 1.82) is 0 Å². The zero-order valence-corrected chi connectivity index (χ0v) is 18.5. The van der Waals surface area contributed by atoms with Gasteiger partial charge in [0.25, 0.3) is 0 Å². The smallest absolute Gasteiger partial charge is 0.243 e. The van der Waals surface area contributed by atoms with Crippen molar-refractivity contribution in [2.75, 3.05) is 32.0 Å². The summed E-state index contributed by atoms with van der Waals surface area (Å²) in [7, 11) is -2.06. The van der Waals surface area contributed by atoms with E-state index < -0.39 is 33.7 Å². The first kappa shape index (κ1) is 24.4. The third-order valence-corrected chi connectivity index (χ3v) is 6.81. The molecule has 1 atom stereocenters. The van der Waals surface area contributed by atoms with E-state index in [4.69, 9.17) is 5.73 Å². The summed E-state index contributed by atoms with van der Waals surface area (Å²) in [6.07, 6.45) is 0. The van der Waals surface area contributed by atoms with Gasteiger partial charge in [0.2, 0.25) is 21.8 Å². The van der Waals surface area contributed by atoms with E-state index in [0.717, 1.165) is 0 Å². The van der Waals surface area contributed by atoms with Gasteiger partial charge in [-0.25, -0.2) is 12.8 Å². The molecule has 31 heavy (non-hydrogen) atoms. The number of likely N-dealkylation sites (N-methyl/N-ethyl adjacent to an activating group) is 1. The van der Waals surface area contributed by atoms with E-state index in [-0.39, 0.29) is 11.4 Å². The minimum atomic E-state index is -3.59. The van der Waals surface area contributed by atoms with Crippen molar-refractivity contribution in [3.05, 3.63) is 59.9 Å². The Labute approximate surface area is 181 Å². The molecule has 0 aliphatic rings. The lowest BCUT2D eigenvalue weighted by atomic mass is 10.0. The Morgan fingerprint density at radius 3 is 2.23 bits per heavy atom. The Kier molecular flexibility index (Phi) is 8.26. The quantitative estimate of drug-likeness (QED) is 0.575. The summed E-state index contributed by atoms with van der Waals surface area (Å²) in [4.78, 5) is 25.9. The molecule has 0 fully saturated rings. The molecule has 0 saturated carbocycles. The molecule has 0 heterocycles. The van der Waals surface area contributed by atoms with Crippen LogP contribution >= 0.6 is 0 Å². The van der Waals surface area contributed by atoms with Crippen LogP contribution in [0, 0.1) is 5.82 Å². The minimum Gasteiger partial charge on any atom is -0.368 e. The molecule has 0 bridgehead atoms. The maximum atomic E-state index is 13.5. The van der Waals surface area contributed by atoms with Crippen LogP contribution in [0.15, 0.2) is 53.4 Å². The Morgan fingerprint density at radius 2 is 1.71 bits per heavy atom. The van der Waals surface area contributed by atoms with Crippen LogP contribution in [-0.2, 0) is 19.6 Å². The van der Waals surface area contributed by atoms with Gasteiger partial charge in [0.05, 0.1) is 11.4 Å². The highest BCUT2D eigenvalue weighted by Crippen LogP contribution is 2.21. The standard InChI is InChI=1S/C21H27FN4O4S/c1-4-26(5-2)31(29,30)18-11-9-17(10-12-18)24-19(27)14-25(3)20(21(23)28)15-7-6-8-16(22)13-15/h6-13,20H,4-5,14H2,1-3H3,(H2,23,28)(H,24,27). The van der Waals surface area contributed by atoms with Gasteiger partial charge in [0.1, 0.15) is 11.9 Å². The van der Waals surface area contributed by atoms with Crippen molar-refractivity contribution in [1.82, 2.24) is 9.21 Å². The number of anilines is 1. The summed E-state index contributed by atoms with van der Waals surface area (Å²) in [6.45, 7) is 4.04. The second-order valence-corrected chi connectivity index (χ2v) is 8.87. The summed E-state index contributed by atoms with van der Waals surface area (Å²) in [5, 5.41) is 2.65. The van der Waals surface area contributed by atoms with Gasteiger partial charge in [0, 0.05) is 18.8 Å². The molecule has 2 aromatic carbocycles. The maximum absolute atomic E-state index is 13.5. The van der Waals surface area contributed by atoms with Crippen LogP contribution in [0.25, 0.3) is 0 Å². The van der Waals surface area contributed by atoms with E-state index in [2.05, 4.69) is 5.32 Å². The van der Waals surface area contributed by atoms with E-state index in [0.29, 0.717) is 24.3 Å². The number of nitrogens with one attached hydrogen (secondary N) is 1. The molecule has 168 valence electrons. The molecular weight excluding hydrogens is 423 g/mol. The van der Waals surface area contributed by atoms with Gasteiger partial charge in [-0.2, -0.15) is 4.31 Å². The number of carbonyl (C=O) groups is 2. The Hall–Kier alpha value is -2.82. The fraction of sp³-hybridized carbons (Fsp3) is 0.333. The minimum absolute atomic E-state index is 0.131. The molecule has 2 rings (SSSR count). The van der Waals surface area contributed by atoms with Crippen molar-refractivity contribution in [2.45, 2.75) is 24.8 Å². The number of amides is 2. The fourth-order valence-corrected chi connectivity index (χ4v) is 4.71. The molecule has 0 aliphatic carbocycles. The summed E-state index contributed by atoms with van der Waals surface area (Å²) in [5.41, 5.74) is 6.20. The number of carbonyl (C=O) groups excluding carboxylic acids is 2. The summed E-state index contributed by atoms with van der Waals surface area (Å²) < 4.78 is 39.9. The molecule has 1 unspecified atom stereocenters. The molecule has 2 amide bonds. The normalized spacial score (nSPS) is 12.7. The first-order valence-electron chi connectivity index (χ1n) is 9.75. The van der Waals surface area contributed by atoms with Gasteiger partial charge >= 0.3 is 0 Å². The zero-order valence-electron chi connectivity index (χ0n) is 17.7. The lowest BCUT2D eigenvalue weighted by molar-refractivity contribution is -0.124. The first-order chi connectivity index (χ1) is 14.6. The third-order valence-electron chi connectivity index (χ3n) is 4.75. The van der Waals surface area contributed by atoms with Gasteiger partial charge in [-0.15, -0.1) is 0 Å². The van der Waals surface area contributed by atoms with Crippen molar-refractivity contribution in [3.63, 3.8) is 0 Å². The predicted octanol–water partition coefficient (Wildman–Crippen LogP) is 1.95. The Balaban J connectivity index is 2.08. The van der Waals surface area contributed by atoms with Crippen molar-refractivity contribution >= 4 is 27.5 Å². The molecule has 10 heteroatoms. The average Bonchev–Trinajstić information content (AvgIpc) is 2.68. The molecule has 8 nitrogen and oxygen atoms in total. The van der Waals surface area contributed by atoms with Gasteiger partial charge in [-0.1, -0.05) is 26.0 Å². The average molecular weight is 451 g/mol. The van der Waals surface area contributed by atoms with Crippen molar-refractivity contribution < 1.29 is 22.4 Å². The molecule has 0 radical (unpaired) electrons. The highest BCUT2D eigenvalue weighted by atomic mass is 32.2. The number of nitrogens with zero attached hydrogens (tertiary/aromatic N) is 2. The second kappa shape index (κ2) is 10.5. The number of hydrogen-bond donors (Lipinski definition) is 2. The summed E-state index contributed by atoms with van der Waals surface area (Å²) >= 11 is 0. The zero-order chi connectivity index (χ0) is 23.2. The van der Waals surface area contributed by atoms with Crippen LogP contribution in [0.5, 0.6) is 0 Å². The molecular formula is C21H27FN4O4S. The number of nitrogens with two attached hydrogens (primary N) is 1. The number of rotatable bonds is 10. The molecule has 0 aromatic heterocycles. The van der Waals surface area contributed by atoms with Gasteiger partial charge in [-0.3, -0.25) is 14.5 Å². The maximum Gasteiger partial charge on any atom is 0.243 e.